The van der Waals surface area contributed by atoms with Gasteiger partial charge >= 0.3 is 0 Å². The molecule has 0 aliphatic heterocycles. The van der Waals surface area contributed by atoms with E-state index in [2.05, 4.69) is 4.98 Å². The van der Waals surface area contributed by atoms with Gasteiger partial charge in [0, 0.05) is 28.5 Å². The van der Waals surface area contributed by atoms with Gasteiger partial charge in [0.2, 0.25) is 5.91 Å². The van der Waals surface area contributed by atoms with Gasteiger partial charge in [-0.15, -0.1) is 0 Å². The number of hydrogen-bond donors (Lipinski definition) is 1. The van der Waals surface area contributed by atoms with Gasteiger partial charge in [-0.3, -0.25) is 14.6 Å². The third-order valence-electron chi connectivity index (χ3n) is 5.29. The molecule has 0 saturated carbocycles. The molecule has 2 N–H and O–H groups in total. The maximum Gasteiger partial charge on any atom is 0.255 e. The molecule has 6 heteroatoms. The van der Waals surface area contributed by atoms with Crippen LogP contribution in [0.5, 0.6) is 0 Å². The minimum Gasteiger partial charge on any atom is -0.368 e. The van der Waals surface area contributed by atoms with Crippen LogP contribution in [0.4, 0.5) is 0 Å². The molecule has 5 nitrogen and oxygen atoms in total. The number of carbonyl (C=O) groups is 2. The van der Waals surface area contributed by atoms with E-state index in [0.29, 0.717) is 22.6 Å². The zero-order valence-electron chi connectivity index (χ0n) is 15.7. The van der Waals surface area contributed by atoms with E-state index in [1.165, 1.54) is 0 Å². The fourth-order valence-electron chi connectivity index (χ4n) is 4.02. The highest BCUT2D eigenvalue weighted by atomic mass is 35.5. The number of primary amides is 1. The van der Waals surface area contributed by atoms with Crippen molar-refractivity contribution in [2.24, 2.45) is 5.73 Å². The molecule has 0 bridgehead atoms. The summed E-state index contributed by atoms with van der Waals surface area (Å²) in [5.74, 6) is -0.837. The van der Waals surface area contributed by atoms with Crippen LogP contribution >= 0.6 is 11.6 Å². The molecule has 1 aliphatic rings. The molecule has 2 amide bonds. The Morgan fingerprint density at radius 2 is 1.90 bits per heavy atom. The predicted octanol–water partition coefficient (Wildman–Crippen LogP) is 4.09. The minimum absolute atomic E-state index is 0.244. The zero-order valence-corrected chi connectivity index (χ0v) is 16.4. The third kappa shape index (κ3) is 3.74. The number of fused-ring (bicyclic) bond motifs is 1. The standard InChI is InChI=1S/C23H20ClN3O2/c24-18-9-10-19-16(13-18)8-11-20(19)27(23(29)15-5-2-1-3-6-15)21(22(25)28)17-7-4-12-26-14-17/h1-7,9-10,12-14,20-21H,8,11H2,(H2,25,28)/t20-,21?/m1/s1. The van der Waals surface area contributed by atoms with Gasteiger partial charge in [-0.25, -0.2) is 0 Å². The Morgan fingerprint density at radius 3 is 2.59 bits per heavy atom. The molecule has 0 saturated heterocycles. The number of rotatable bonds is 5. The molecular weight excluding hydrogens is 386 g/mol. The first kappa shape index (κ1) is 19.2. The first-order valence-electron chi connectivity index (χ1n) is 9.41. The topological polar surface area (TPSA) is 76.3 Å². The van der Waals surface area contributed by atoms with Gasteiger partial charge in [0.1, 0.15) is 6.04 Å². The van der Waals surface area contributed by atoms with Crippen molar-refractivity contribution < 1.29 is 9.59 Å². The second kappa shape index (κ2) is 8.05. The van der Waals surface area contributed by atoms with Crippen molar-refractivity contribution in [1.82, 2.24) is 9.88 Å². The first-order chi connectivity index (χ1) is 14.1. The molecule has 1 unspecified atom stereocenters. The number of pyridine rings is 1. The Bertz CT molecular complexity index is 1040. The lowest BCUT2D eigenvalue weighted by Gasteiger charge is -2.35. The molecule has 146 valence electrons. The van der Waals surface area contributed by atoms with Gasteiger partial charge in [0.05, 0.1) is 6.04 Å². The summed E-state index contributed by atoms with van der Waals surface area (Å²) in [7, 11) is 0. The molecule has 3 aromatic rings. The van der Waals surface area contributed by atoms with Crippen LogP contribution in [0.2, 0.25) is 5.02 Å². The molecule has 4 rings (SSSR count). The number of aryl methyl sites for hydroxylation is 1. The van der Waals surface area contributed by atoms with Crippen molar-refractivity contribution in [3.05, 3.63) is 100 Å². The van der Waals surface area contributed by atoms with Crippen LogP contribution in [0.1, 0.15) is 45.6 Å². The summed E-state index contributed by atoms with van der Waals surface area (Å²) in [4.78, 5) is 31.9. The van der Waals surface area contributed by atoms with E-state index in [9.17, 15) is 9.59 Å². The Kier molecular flexibility index (Phi) is 5.32. The molecule has 29 heavy (non-hydrogen) atoms. The highest BCUT2D eigenvalue weighted by molar-refractivity contribution is 6.30. The zero-order chi connectivity index (χ0) is 20.4. The summed E-state index contributed by atoms with van der Waals surface area (Å²) in [6, 6.07) is 16.9. The Morgan fingerprint density at radius 1 is 1.10 bits per heavy atom. The fourth-order valence-corrected chi connectivity index (χ4v) is 4.22. The SMILES string of the molecule is NC(=O)C(c1cccnc1)N(C(=O)c1ccccc1)[C@@H]1CCc2cc(Cl)ccc21. The van der Waals surface area contributed by atoms with E-state index >= 15 is 0 Å². The number of benzene rings is 2. The predicted molar refractivity (Wildman–Crippen MR) is 111 cm³/mol. The van der Waals surface area contributed by atoms with E-state index in [4.69, 9.17) is 17.3 Å². The van der Waals surface area contributed by atoms with Crippen molar-refractivity contribution in [2.75, 3.05) is 0 Å². The van der Waals surface area contributed by atoms with Crippen LogP contribution in [0.25, 0.3) is 0 Å². The van der Waals surface area contributed by atoms with Crippen molar-refractivity contribution >= 4 is 23.4 Å². The summed E-state index contributed by atoms with van der Waals surface area (Å²) in [5.41, 5.74) is 8.99. The lowest BCUT2D eigenvalue weighted by Crippen LogP contribution is -2.43. The first-order valence-corrected chi connectivity index (χ1v) is 9.79. The van der Waals surface area contributed by atoms with Crippen molar-refractivity contribution in [2.45, 2.75) is 24.9 Å². The highest BCUT2D eigenvalue weighted by Crippen LogP contribution is 2.41. The smallest absolute Gasteiger partial charge is 0.255 e. The van der Waals surface area contributed by atoms with Crippen LogP contribution < -0.4 is 5.73 Å². The van der Waals surface area contributed by atoms with Crippen LogP contribution in [0.3, 0.4) is 0 Å². The van der Waals surface area contributed by atoms with Crippen LogP contribution in [0, 0.1) is 0 Å². The quantitative estimate of drug-likeness (QED) is 0.694. The Balaban J connectivity index is 1.84. The fraction of sp³-hybridized carbons (Fsp3) is 0.174. The molecule has 1 aliphatic carbocycles. The molecule has 0 spiro atoms. The maximum atomic E-state index is 13.6. The van der Waals surface area contributed by atoms with Gasteiger partial charge in [-0.1, -0.05) is 41.9 Å². The van der Waals surface area contributed by atoms with E-state index in [-0.39, 0.29) is 11.9 Å². The average Bonchev–Trinajstić information content (AvgIpc) is 3.15. The maximum absolute atomic E-state index is 13.6. The lowest BCUT2D eigenvalue weighted by atomic mass is 9.99. The molecule has 2 aromatic carbocycles. The minimum atomic E-state index is -0.928. The molecule has 0 fully saturated rings. The number of aromatic nitrogens is 1. The average molecular weight is 406 g/mol. The van der Waals surface area contributed by atoms with Gasteiger partial charge in [0.25, 0.3) is 5.91 Å². The summed E-state index contributed by atoms with van der Waals surface area (Å²) >= 11 is 6.16. The number of carbonyl (C=O) groups excluding carboxylic acids is 2. The van der Waals surface area contributed by atoms with Crippen molar-refractivity contribution in [1.29, 1.82) is 0 Å². The monoisotopic (exact) mass is 405 g/mol. The molecule has 1 heterocycles. The normalized spacial score (nSPS) is 16.1. The number of nitrogens with two attached hydrogens (primary N) is 1. The summed E-state index contributed by atoms with van der Waals surface area (Å²) in [5, 5.41) is 0.657. The van der Waals surface area contributed by atoms with Crippen molar-refractivity contribution in [3.8, 4) is 0 Å². The highest BCUT2D eigenvalue weighted by Gasteiger charge is 2.39. The number of amides is 2. The Hall–Kier alpha value is -3.18. The number of nitrogens with zero attached hydrogens (tertiary/aromatic N) is 2. The second-order valence-corrected chi connectivity index (χ2v) is 7.50. The van der Waals surface area contributed by atoms with E-state index in [1.54, 1.807) is 53.7 Å². The van der Waals surface area contributed by atoms with Crippen LogP contribution in [-0.4, -0.2) is 21.7 Å². The summed E-state index contributed by atoms with van der Waals surface area (Å²) in [6.45, 7) is 0. The van der Waals surface area contributed by atoms with Gasteiger partial charge < -0.3 is 10.6 Å². The number of hydrogen-bond acceptors (Lipinski definition) is 3. The molecule has 0 radical (unpaired) electrons. The van der Waals surface area contributed by atoms with Crippen LogP contribution in [0.15, 0.2) is 73.1 Å². The number of halogens is 1. The summed E-state index contributed by atoms with van der Waals surface area (Å²) in [6.07, 6.45) is 4.67. The molecule has 1 aromatic heterocycles. The van der Waals surface area contributed by atoms with Crippen molar-refractivity contribution in [3.63, 3.8) is 0 Å². The van der Waals surface area contributed by atoms with Gasteiger partial charge in [-0.05, 0) is 54.3 Å². The molecule has 2 atom stereocenters. The van der Waals surface area contributed by atoms with Gasteiger partial charge in [-0.2, -0.15) is 0 Å². The van der Waals surface area contributed by atoms with E-state index in [0.717, 1.165) is 17.5 Å². The van der Waals surface area contributed by atoms with Crippen LogP contribution in [-0.2, 0) is 11.2 Å². The van der Waals surface area contributed by atoms with Gasteiger partial charge in [0.15, 0.2) is 0 Å². The van der Waals surface area contributed by atoms with E-state index in [1.807, 2.05) is 24.3 Å². The Labute approximate surface area is 174 Å². The summed E-state index contributed by atoms with van der Waals surface area (Å²) < 4.78 is 0. The third-order valence-corrected chi connectivity index (χ3v) is 5.53. The molecular formula is C23H20ClN3O2. The largest absolute Gasteiger partial charge is 0.368 e. The second-order valence-electron chi connectivity index (χ2n) is 7.07. The van der Waals surface area contributed by atoms with E-state index < -0.39 is 11.9 Å². The lowest BCUT2D eigenvalue weighted by molar-refractivity contribution is -0.123.